The molecule has 0 heterocycles. The Morgan fingerprint density at radius 2 is 1.47 bits per heavy atom. The molecule has 1 aromatic rings. The van der Waals surface area contributed by atoms with Gasteiger partial charge in [0.1, 0.15) is 5.75 Å². The molecular weight excluding hydrogens is 208 g/mol. The number of hydrogen-bond donors (Lipinski definition) is 0. The minimum Gasteiger partial charge on any atom is -0.490 e. The van der Waals surface area contributed by atoms with Crippen molar-refractivity contribution in [2.45, 2.75) is 59.5 Å². The van der Waals surface area contributed by atoms with Crippen molar-refractivity contribution >= 4 is 0 Å². The minimum absolute atomic E-state index is 0.448. The first-order valence-corrected chi connectivity index (χ1v) is 6.97. The van der Waals surface area contributed by atoms with Crippen molar-refractivity contribution in [1.82, 2.24) is 0 Å². The highest BCUT2D eigenvalue weighted by Crippen LogP contribution is 2.27. The van der Waals surface area contributed by atoms with Gasteiger partial charge in [0, 0.05) is 0 Å². The van der Waals surface area contributed by atoms with E-state index >= 15 is 0 Å². The fourth-order valence-corrected chi connectivity index (χ4v) is 2.16. The molecule has 0 radical (unpaired) electrons. The fraction of sp³-hybridized carbons (Fsp3) is 0.625. The van der Waals surface area contributed by atoms with E-state index in [1.807, 2.05) is 13.8 Å². The average Bonchev–Trinajstić information content (AvgIpc) is 2.37. The Hall–Kier alpha value is -0.980. The number of hydrogen-bond acceptors (Lipinski definition) is 1. The molecule has 1 fully saturated rings. The maximum absolute atomic E-state index is 5.96. The molecule has 0 saturated heterocycles. The summed E-state index contributed by atoms with van der Waals surface area (Å²) in [6, 6.07) is 8.38. The van der Waals surface area contributed by atoms with Gasteiger partial charge in [-0.25, -0.2) is 0 Å². The molecule has 1 nitrogen and oxygen atoms in total. The van der Waals surface area contributed by atoms with Gasteiger partial charge in [-0.05, 0) is 50.7 Å². The molecule has 1 aliphatic rings. The van der Waals surface area contributed by atoms with Crippen molar-refractivity contribution in [3.05, 3.63) is 29.8 Å². The summed E-state index contributed by atoms with van der Waals surface area (Å²) in [5.41, 5.74) is 1.29. The maximum Gasteiger partial charge on any atom is 0.119 e. The number of rotatable bonds is 2. The highest BCUT2D eigenvalue weighted by Gasteiger charge is 2.19. The largest absolute Gasteiger partial charge is 0.490 e. The predicted molar refractivity (Wildman–Crippen MR) is 74.6 cm³/mol. The zero-order valence-electron chi connectivity index (χ0n) is 11.7. The number of ether oxygens (including phenoxy) is 1. The van der Waals surface area contributed by atoms with Gasteiger partial charge in [0.25, 0.3) is 0 Å². The third kappa shape index (κ3) is 4.80. The summed E-state index contributed by atoms with van der Waals surface area (Å²) in [5, 5.41) is 0. The average molecular weight is 234 g/mol. The van der Waals surface area contributed by atoms with Crippen LogP contribution in [0.1, 0.15) is 52.0 Å². The van der Waals surface area contributed by atoms with Crippen LogP contribution in [0.5, 0.6) is 5.75 Å². The Morgan fingerprint density at radius 3 is 2.00 bits per heavy atom. The summed E-state index contributed by atoms with van der Waals surface area (Å²) in [6.45, 7) is 8.44. The zero-order chi connectivity index (χ0) is 12.7. The smallest absolute Gasteiger partial charge is 0.119 e. The fourth-order valence-electron chi connectivity index (χ4n) is 2.16. The van der Waals surface area contributed by atoms with Crippen LogP contribution in [-0.2, 0) is 0 Å². The Labute approximate surface area is 106 Å². The molecule has 96 valence electrons. The Bertz CT molecular complexity index is 294. The molecule has 0 aromatic heterocycles. The van der Waals surface area contributed by atoms with E-state index in [1.54, 1.807) is 0 Å². The normalized spacial score (nSPS) is 23.5. The molecule has 0 aliphatic heterocycles. The molecule has 1 heteroatoms. The molecular formula is C16H26O. The van der Waals surface area contributed by atoms with E-state index in [0.717, 1.165) is 11.7 Å². The second-order valence-electron chi connectivity index (χ2n) is 4.81. The Morgan fingerprint density at radius 1 is 0.941 bits per heavy atom. The highest BCUT2D eigenvalue weighted by atomic mass is 16.5. The van der Waals surface area contributed by atoms with Crippen molar-refractivity contribution in [1.29, 1.82) is 0 Å². The van der Waals surface area contributed by atoms with Crippen LogP contribution in [-0.4, -0.2) is 6.10 Å². The van der Waals surface area contributed by atoms with Crippen molar-refractivity contribution in [2.24, 2.45) is 5.92 Å². The molecule has 0 unspecified atom stereocenters. The molecule has 1 aromatic carbocycles. The monoisotopic (exact) mass is 234 g/mol. The van der Waals surface area contributed by atoms with E-state index in [9.17, 15) is 0 Å². The molecule has 17 heavy (non-hydrogen) atoms. The van der Waals surface area contributed by atoms with Gasteiger partial charge in [0.15, 0.2) is 0 Å². The lowest BCUT2D eigenvalue weighted by atomic mass is 9.89. The molecule has 1 aliphatic carbocycles. The van der Waals surface area contributed by atoms with Crippen LogP contribution in [0, 0.1) is 12.8 Å². The molecule has 0 N–H and O–H groups in total. The van der Waals surface area contributed by atoms with Crippen LogP contribution < -0.4 is 4.74 Å². The predicted octanol–water partition coefficient (Wildman–Crippen LogP) is 4.98. The lowest BCUT2D eigenvalue weighted by molar-refractivity contribution is 0.135. The van der Waals surface area contributed by atoms with E-state index < -0.39 is 0 Å². The van der Waals surface area contributed by atoms with E-state index in [1.165, 1.54) is 31.2 Å². The van der Waals surface area contributed by atoms with E-state index in [-0.39, 0.29) is 0 Å². The molecule has 0 amide bonds. The van der Waals surface area contributed by atoms with E-state index in [4.69, 9.17) is 4.74 Å². The van der Waals surface area contributed by atoms with Crippen LogP contribution in [0.2, 0.25) is 0 Å². The first-order chi connectivity index (χ1) is 8.24. The van der Waals surface area contributed by atoms with Gasteiger partial charge < -0.3 is 4.74 Å². The van der Waals surface area contributed by atoms with Gasteiger partial charge in [-0.1, -0.05) is 38.5 Å². The van der Waals surface area contributed by atoms with Crippen LogP contribution in [0.15, 0.2) is 24.3 Å². The second kappa shape index (κ2) is 7.37. The first-order valence-electron chi connectivity index (χ1n) is 6.97. The summed E-state index contributed by atoms with van der Waals surface area (Å²) >= 11 is 0. The van der Waals surface area contributed by atoms with Gasteiger partial charge in [-0.2, -0.15) is 0 Å². The van der Waals surface area contributed by atoms with Gasteiger partial charge >= 0.3 is 0 Å². The Kier molecular flexibility index (Phi) is 6.10. The van der Waals surface area contributed by atoms with Gasteiger partial charge in [-0.3, -0.25) is 0 Å². The van der Waals surface area contributed by atoms with Crippen LogP contribution in [0.25, 0.3) is 0 Å². The molecule has 1 saturated carbocycles. The van der Waals surface area contributed by atoms with Crippen molar-refractivity contribution in [2.75, 3.05) is 0 Å². The number of benzene rings is 1. The summed E-state index contributed by atoms with van der Waals surface area (Å²) in [4.78, 5) is 0. The second-order valence-corrected chi connectivity index (χ2v) is 4.81. The summed E-state index contributed by atoms with van der Waals surface area (Å²) in [6.07, 6.45) is 5.51. The van der Waals surface area contributed by atoms with Crippen molar-refractivity contribution in [3.63, 3.8) is 0 Å². The maximum atomic E-state index is 5.96. The lowest BCUT2D eigenvalue weighted by Gasteiger charge is -2.26. The number of aryl methyl sites for hydroxylation is 1. The molecule has 0 bridgehead atoms. The summed E-state index contributed by atoms with van der Waals surface area (Å²) < 4.78 is 5.96. The minimum atomic E-state index is 0.448. The van der Waals surface area contributed by atoms with Gasteiger partial charge in [-0.15, -0.1) is 0 Å². The quantitative estimate of drug-likeness (QED) is 0.701. The van der Waals surface area contributed by atoms with E-state index in [0.29, 0.717) is 6.10 Å². The van der Waals surface area contributed by atoms with Crippen LogP contribution in [0.3, 0.4) is 0 Å². The highest BCUT2D eigenvalue weighted by molar-refractivity contribution is 5.26. The van der Waals surface area contributed by atoms with Crippen LogP contribution >= 0.6 is 0 Å². The third-order valence-corrected chi connectivity index (χ3v) is 3.29. The van der Waals surface area contributed by atoms with Crippen LogP contribution in [0.4, 0.5) is 0 Å². The molecule has 2 rings (SSSR count). The third-order valence-electron chi connectivity index (χ3n) is 3.29. The summed E-state index contributed by atoms with van der Waals surface area (Å²) in [7, 11) is 0. The lowest BCUT2D eigenvalue weighted by Crippen LogP contribution is -2.22. The van der Waals surface area contributed by atoms with Gasteiger partial charge in [0.2, 0.25) is 0 Å². The zero-order valence-corrected chi connectivity index (χ0v) is 11.7. The van der Waals surface area contributed by atoms with Crippen molar-refractivity contribution < 1.29 is 4.74 Å². The summed E-state index contributed by atoms with van der Waals surface area (Å²) in [5.74, 6) is 1.92. The standard InChI is InChI=1S/C14H20O.C2H6/c1-11-3-7-13(8-4-11)15-14-9-5-12(2)6-10-14;1-2/h3-4,7-8,12,14H,5-6,9-10H2,1-2H3;1-2H3. The van der Waals surface area contributed by atoms with E-state index in [2.05, 4.69) is 38.1 Å². The topological polar surface area (TPSA) is 9.23 Å². The van der Waals surface area contributed by atoms with Crippen molar-refractivity contribution in [3.8, 4) is 5.75 Å². The van der Waals surface area contributed by atoms with Gasteiger partial charge in [0.05, 0.1) is 6.10 Å². The molecule has 0 spiro atoms. The SMILES string of the molecule is CC.Cc1ccc(OC2CCC(C)CC2)cc1. The first kappa shape index (κ1) is 14.1. The molecule has 0 atom stereocenters. The Balaban J connectivity index is 0.000000686.